The minimum absolute atomic E-state index is 0.210. The first kappa shape index (κ1) is 35.5. The van der Waals surface area contributed by atoms with Gasteiger partial charge in [0.25, 0.3) is 0 Å². The Bertz CT molecular complexity index is 1120. The summed E-state index contributed by atoms with van der Waals surface area (Å²) in [5.74, 6) is 0.560. The largest absolute Gasteiger partial charge is 0.165 e. The van der Waals surface area contributed by atoms with E-state index in [1.54, 1.807) is 51.0 Å². The third kappa shape index (κ3) is 15.5. The van der Waals surface area contributed by atoms with Crippen molar-refractivity contribution < 1.29 is 33.5 Å². The van der Waals surface area contributed by atoms with E-state index in [4.69, 9.17) is 0 Å². The molecule has 1 aliphatic rings. The normalized spacial score (nSPS) is 14.0. The quantitative estimate of drug-likeness (QED) is 0.216. The molecular weight excluding hydrogens is 548 g/mol. The fourth-order valence-electron chi connectivity index (χ4n) is 3.42. The summed E-state index contributed by atoms with van der Waals surface area (Å²) in [6, 6.07) is 21.6. The molecule has 1 unspecified atom stereocenters. The zero-order valence-corrected chi connectivity index (χ0v) is 28.3. The maximum atomic E-state index is 9.53. The Morgan fingerprint density at radius 3 is 1.73 bits per heavy atom. The van der Waals surface area contributed by atoms with E-state index in [9.17, 15) is 10.2 Å². The Kier molecular flexibility index (Phi) is 18.0. The van der Waals surface area contributed by atoms with Crippen LogP contribution in [0.4, 0.5) is 0 Å². The predicted molar refractivity (Wildman–Crippen MR) is 157 cm³/mol. The van der Waals surface area contributed by atoms with Crippen LogP contribution in [-0.4, -0.2) is 17.6 Å². The van der Waals surface area contributed by atoms with Gasteiger partial charge in [-0.2, -0.15) is 17.2 Å². The summed E-state index contributed by atoms with van der Waals surface area (Å²) in [6.07, 6.45) is 2.53. The van der Waals surface area contributed by atoms with Gasteiger partial charge >= 0.3 is 41.9 Å². The van der Waals surface area contributed by atoms with Crippen molar-refractivity contribution in [1.82, 2.24) is 0 Å². The van der Waals surface area contributed by atoms with Gasteiger partial charge in [-0.05, 0) is 5.56 Å². The van der Waals surface area contributed by atoms with Gasteiger partial charge in [-0.15, -0.1) is 53.7 Å². The van der Waals surface area contributed by atoms with Crippen LogP contribution in [0.1, 0.15) is 61.0 Å². The van der Waals surface area contributed by atoms with Crippen molar-refractivity contribution in [2.24, 2.45) is 5.92 Å². The summed E-state index contributed by atoms with van der Waals surface area (Å²) in [5.41, 5.74) is 8.40. The number of rotatable bonds is 1. The maximum Gasteiger partial charge on any atom is -0.0279 e. The van der Waals surface area contributed by atoms with Gasteiger partial charge in [0.15, 0.2) is 0 Å². The Morgan fingerprint density at radius 2 is 1.35 bits per heavy atom. The smallest absolute Gasteiger partial charge is 0.0279 e. The van der Waals surface area contributed by atoms with Gasteiger partial charge in [-0.1, -0.05) is 103 Å². The molecule has 37 heavy (non-hydrogen) atoms. The molecule has 3 aromatic rings. The number of allylic oxidation sites excluding steroid dienone is 4. The molecule has 0 N–H and O–H groups in total. The van der Waals surface area contributed by atoms with Crippen LogP contribution < -0.4 is 10.2 Å². The molecular formula is C33H46O2SiZr-2. The first-order valence-electron chi connectivity index (χ1n) is 13.0. The minimum atomic E-state index is -0.417. The molecule has 0 radical (unpaired) electrons. The summed E-state index contributed by atoms with van der Waals surface area (Å²) >= 11 is 1.74. The molecule has 3 aromatic carbocycles. The van der Waals surface area contributed by atoms with Crippen molar-refractivity contribution in [3.63, 3.8) is 0 Å². The van der Waals surface area contributed by atoms with Gasteiger partial charge in [0.1, 0.15) is 0 Å². The third-order valence-electron chi connectivity index (χ3n) is 5.22. The second kappa shape index (κ2) is 18.7. The molecule has 0 bridgehead atoms. The van der Waals surface area contributed by atoms with Crippen molar-refractivity contribution in [2.75, 3.05) is 0 Å². The SMILES string of the molecule is CC(C)[O-].CC(C)[O-].CC1=[C-]C(C)C(C)=C1C.C[Si](C)=[Zr+2].Cc1cc2c(-c3ccccc3)cccc2[cH-]1. The third-order valence-corrected chi connectivity index (χ3v) is 5.22. The molecule has 0 aromatic heterocycles. The molecule has 1 aliphatic carbocycles. The molecule has 0 amide bonds. The van der Waals surface area contributed by atoms with Gasteiger partial charge in [-0.3, -0.25) is 6.08 Å². The van der Waals surface area contributed by atoms with Crippen molar-refractivity contribution in [3.8, 4) is 11.1 Å². The van der Waals surface area contributed by atoms with E-state index in [0.717, 1.165) is 0 Å². The molecule has 0 saturated heterocycles. The van der Waals surface area contributed by atoms with Gasteiger partial charge in [-0.25, -0.2) is 5.57 Å². The number of hydrogen-bond donors (Lipinski definition) is 0. The fraction of sp³-hybridized carbons (Fsp3) is 0.424. The van der Waals surface area contributed by atoms with Crippen LogP contribution in [0, 0.1) is 18.9 Å². The number of benzene rings is 2. The van der Waals surface area contributed by atoms with Crippen LogP contribution in [0.5, 0.6) is 0 Å². The van der Waals surface area contributed by atoms with Crippen LogP contribution >= 0.6 is 0 Å². The average molecular weight is 594 g/mol. The van der Waals surface area contributed by atoms with Crippen molar-refractivity contribution in [2.45, 2.75) is 87.6 Å². The molecule has 0 heterocycles. The van der Waals surface area contributed by atoms with E-state index < -0.39 is 12.2 Å². The van der Waals surface area contributed by atoms with E-state index in [-0.39, 0.29) is 5.43 Å². The van der Waals surface area contributed by atoms with E-state index in [1.807, 2.05) is 0 Å². The summed E-state index contributed by atoms with van der Waals surface area (Å²) in [5, 5.41) is 21.7. The Balaban J connectivity index is 0.000000522. The van der Waals surface area contributed by atoms with Crippen LogP contribution in [0.2, 0.25) is 13.1 Å². The minimum Gasteiger partial charge on any atom is -0.165 e. The standard InChI is InChI=1S/C16H13.C9H13.2C3H7O.C2H6Si.Zr/c1-12-10-14-8-5-9-15(16(14)11-12)13-6-3-2-4-7-13;1-6-5-7(2)9(4)8(6)3;2*1-3(2)4;1-3-2;/h2-11H,1H3;6H,1-4H3;2*3H,1-2H3;1-2H3;/q4*-1;;+2. The van der Waals surface area contributed by atoms with E-state index in [0.29, 0.717) is 5.92 Å². The Morgan fingerprint density at radius 1 is 0.865 bits per heavy atom. The molecule has 200 valence electrons. The second-order valence-corrected chi connectivity index (χ2v) is 19.5. The van der Waals surface area contributed by atoms with Crippen molar-refractivity contribution >= 4 is 16.2 Å². The zero-order valence-electron chi connectivity index (χ0n) is 24.8. The van der Waals surface area contributed by atoms with Crippen molar-refractivity contribution in [1.29, 1.82) is 0 Å². The molecule has 0 spiro atoms. The molecule has 0 saturated carbocycles. The first-order chi connectivity index (χ1) is 17.2. The number of hydrogen-bond acceptors (Lipinski definition) is 2. The zero-order chi connectivity index (χ0) is 28.7. The van der Waals surface area contributed by atoms with E-state index >= 15 is 0 Å². The van der Waals surface area contributed by atoms with Gasteiger partial charge in [0.05, 0.1) is 0 Å². The summed E-state index contributed by atoms with van der Waals surface area (Å²) in [7, 11) is 0. The molecule has 4 heteroatoms. The Hall–Kier alpha value is -1.45. The summed E-state index contributed by atoms with van der Waals surface area (Å²) in [6.45, 7) is 21.9. The number of aryl methyl sites for hydroxylation is 1. The van der Waals surface area contributed by atoms with Gasteiger partial charge in [0.2, 0.25) is 0 Å². The molecule has 0 fully saturated rings. The van der Waals surface area contributed by atoms with E-state index in [1.165, 1.54) is 44.2 Å². The van der Waals surface area contributed by atoms with Crippen LogP contribution in [0.15, 0.2) is 77.4 Å². The molecule has 0 aliphatic heterocycles. The summed E-state index contributed by atoms with van der Waals surface area (Å²) in [4.78, 5) is 0. The average Bonchev–Trinajstić information content (AvgIpc) is 3.27. The topological polar surface area (TPSA) is 46.1 Å². The monoisotopic (exact) mass is 592 g/mol. The first-order valence-corrected chi connectivity index (χ1v) is 19.2. The van der Waals surface area contributed by atoms with E-state index in [2.05, 4.69) is 114 Å². The predicted octanol–water partition coefficient (Wildman–Crippen LogP) is 7.55. The van der Waals surface area contributed by atoms with Crippen LogP contribution in [0.25, 0.3) is 21.9 Å². The summed E-state index contributed by atoms with van der Waals surface area (Å²) < 4.78 is 0. The Labute approximate surface area is 242 Å². The van der Waals surface area contributed by atoms with Crippen LogP contribution in [-0.2, 0) is 23.3 Å². The number of fused-ring (bicyclic) bond motifs is 1. The fourth-order valence-corrected chi connectivity index (χ4v) is 3.42. The molecule has 2 nitrogen and oxygen atoms in total. The van der Waals surface area contributed by atoms with Gasteiger partial charge in [0, 0.05) is 0 Å². The van der Waals surface area contributed by atoms with Gasteiger partial charge < -0.3 is 10.2 Å². The van der Waals surface area contributed by atoms with Crippen molar-refractivity contribution in [3.05, 3.63) is 89.0 Å². The molecule has 4 rings (SSSR count). The maximum absolute atomic E-state index is 9.53. The van der Waals surface area contributed by atoms with Crippen LogP contribution in [0.3, 0.4) is 0 Å². The second-order valence-electron chi connectivity index (χ2n) is 10.1. The molecule has 1 atom stereocenters.